The van der Waals surface area contributed by atoms with Crippen molar-refractivity contribution in [3.8, 4) is 17.0 Å². The number of anilines is 2. The highest BCUT2D eigenvalue weighted by Gasteiger charge is 2.10. The molecule has 0 aliphatic rings. The third kappa shape index (κ3) is 4.65. The zero-order valence-electron chi connectivity index (χ0n) is 16.7. The van der Waals surface area contributed by atoms with Crippen LogP contribution in [0.5, 0.6) is 5.75 Å². The summed E-state index contributed by atoms with van der Waals surface area (Å²) < 4.78 is 5.46. The molecule has 0 spiro atoms. The van der Waals surface area contributed by atoms with Crippen LogP contribution in [0.4, 0.5) is 11.5 Å². The number of benzene rings is 2. The van der Waals surface area contributed by atoms with Crippen LogP contribution in [0.1, 0.15) is 18.3 Å². The largest absolute Gasteiger partial charge is 0.496 e. The van der Waals surface area contributed by atoms with Crippen molar-refractivity contribution >= 4 is 17.7 Å². The zero-order valence-corrected chi connectivity index (χ0v) is 16.7. The number of ether oxygens (including phenoxy) is 1. The molecule has 0 saturated heterocycles. The molecule has 3 rings (SSSR count). The Hall–Kier alpha value is -3.41. The maximum Gasteiger partial charge on any atom is 0.150 e. The number of methoxy groups -OCH3 is 1. The number of aryl methyl sites for hydroxylation is 1. The predicted molar refractivity (Wildman–Crippen MR) is 115 cm³/mol. The molecular formula is C22H25N5O. The van der Waals surface area contributed by atoms with Gasteiger partial charge in [-0.25, -0.2) is 9.97 Å². The first-order valence-electron chi connectivity index (χ1n) is 9.18. The summed E-state index contributed by atoms with van der Waals surface area (Å²) in [6.07, 6.45) is 2.50. The average molecular weight is 375 g/mol. The molecule has 0 aliphatic carbocycles. The fourth-order valence-electron chi connectivity index (χ4n) is 2.74. The number of rotatable bonds is 7. The minimum absolute atomic E-state index is 0.647. The quantitative estimate of drug-likeness (QED) is 0.495. The van der Waals surface area contributed by atoms with Crippen molar-refractivity contribution in [1.82, 2.24) is 9.97 Å². The third-order valence-corrected chi connectivity index (χ3v) is 4.27. The van der Waals surface area contributed by atoms with Gasteiger partial charge in [0.25, 0.3) is 0 Å². The molecule has 3 aromatic rings. The first kappa shape index (κ1) is 19.4. The normalized spacial score (nSPS) is 10.9. The second-order valence-electron chi connectivity index (χ2n) is 6.46. The van der Waals surface area contributed by atoms with Crippen LogP contribution in [0, 0.1) is 0 Å². The summed E-state index contributed by atoms with van der Waals surface area (Å²) >= 11 is 0. The van der Waals surface area contributed by atoms with Crippen LogP contribution in [0.25, 0.3) is 11.3 Å². The summed E-state index contributed by atoms with van der Waals surface area (Å²) in [5, 5.41) is 4.33. The van der Waals surface area contributed by atoms with Gasteiger partial charge in [0.1, 0.15) is 11.6 Å². The van der Waals surface area contributed by atoms with Gasteiger partial charge in [-0.1, -0.05) is 31.2 Å². The van der Waals surface area contributed by atoms with Crippen LogP contribution in [0.15, 0.2) is 59.7 Å². The molecule has 1 aromatic heterocycles. The Bertz CT molecular complexity index is 951. The first-order valence-corrected chi connectivity index (χ1v) is 9.18. The molecule has 1 heterocycles. The van der Waals surface area contributed by atoms with Gasteiger partial charge in [-0.15, -0.1) is 0 Å². The van der Waals surface area contributed by atoms with E-state index in [1.807, 2.05) is 63.5 Å². The molecule has 0 bridgehead atoms. The lowest BCUT2D eigenvalue weighted by Crippen LogP contribution is -2.08. The second-order valence-corrected chi connectivity index (χ2v) is 6.46. The van der Waals surface area contributed by atoms with Gasteiger partial charge >= 0.3 is 0 Å². The number of nitrogens with one attached hydrogen (secondary N) is 1. The molecule has 2 aromatic carbocycles. The van der Waals surface area contributed by atoms with Crippen LogP contribution in [0.2, 0.25) is 0 Å². The van der Waals surface area contributed by atoms with E-state index >= 15 is 0 Å². The summed E-state index contributed by atoms with van der Waals surface area (Å²) in [5.74, 6) is 2.17. The molecule has 0 unspecified atom stereocenters. The first-order chi connectivity index (χ1) is 13.6. The fourth-order valence-corrected chi connectivity index (χ4v) is 2.74. The van der Waals surface area contributed by atoms with E-state index in [1.54, 1.807) is 13.3 Å². The topological polar surface area (TPSA) is 62.6 Å². The van der Waals surface area contributed by atoms with Gasteiger partial charge in [-0.3, -0.25) is 5.43 Å². The average Bonchev–Trinajstić information content (AvgIpc) is 2.73. The van der Waals surface area contributed by atoms with E-state index in [0.717, 1.165) is 40.5 Å². The summed E-state index contributed by atoms with van der Waals surface area (Å²) in [5.41, 5.74) is 6.90. The molecule has 144 valence electrons. The highest BCUT2D eigenvalue weighted by atomic mass is 16.5. The monoisotopic (exact) mass is 375 g/mol. The SMILES string of the molecule is CCc1nc(N/N=C/c2ccc(N(C)C)cc2)cc(-c2ccccc2OC)n1. The number of hydrogen-bond acceptors (Lipinski definition) is 6. The maximum atomic E-state index is 5.46. The molecule has 0 aliphatic heterocycles. The van der Waals surface area contributed by atoms with E-state index in [1.165, 1.54) is 0 Å². The van der Waals surface area contributed by atoms with Crippen molar-refractivity contribution in [2.24, 2.45) is 5.10 Å². The number of aromatic nitrogens is 2. The van der Waals surface area contributed by atoms with E-state index in [-0.39, 0.29) is 0 Å². The van der Waals surface area contributed by atoms with E-state index in [9.17, 15) is 0 Å². The standard InChI is InChI=1S/C22H25N5O/c1-5-21-24-19(18-8-6-7-9-20(18)28-4)14-22(25-21)26-23-15-16-10-12-17(13-11-16)27(2)3/h6-15H,5H2,1-4H3,(H,24,25,26)/b23-15+. The summed E-state index contributed by atoms with van der Waals surface area (Å²) in [6.45, 7) is 2.03. The van der Waals surface area contributed by atoms with Crippen LogP contribution in [-0.4, -0.2) is 37.4 Å². The Morgan fingerprint density at radius 3 is 2.50 bits per heavy atom. The molecular weight excluding hydrogens is 350 g/mol. The van der Waals surface area contributed by atoms with Crippen LogP contribution in [0.3, 0.4) is 0 Å². The van der Waals surface area contributed by atoms with Gasteiger partial charge in [-0.05, 0) is 29.8 Å². The van der Waals surface area contributed by atoms with E-state index < -0.39 is 0 Å². The Balaban J connectivity index is 1.82. The lowest BCUT2D eigenvalue weighted by Gasteiger charge is -2.11. The smallest absolute Gasteiger partial charge is 0.150 e. The molecule has 1 N–H and O–H groups in total. The van der Waals surface area contributed by atoms with Crippen LogP contribution < -0.4 is 15.1 Å². The third-order valence-electron chi connectivity index (χ3n) is 4.27. The molecule has 6 nitrogen and oxygen atoms in total. The Morgan fingerprint density at radius 2 is 1.82 bits per heavy atom. The Morgan fingerprint density at radius 1 is 1.07 bits per heavy atom. The zero-order chi connectivity index (χ0) is 19.9. The molecule has 0 atom stereocenters. The van der Waals surface area contributed by atoms with Gasteiger partial charge in [0.2, 0.25) is 0 Å². The lowest BCUT2D eigenvalue weighted by atomic mass is 10.1. The van der Waals surface area contributed by atoms with Crippen molar-refractivity contribution < 1.29 is 4.74 Å². The van der Waals surface area contributed by atoms with Gasteiger partial charge in [-0.2, -0.15) is 5.10 Å². The van der Waals surface area contributed by atoms with Crippen LogP contribution >= 0.6 is 0 Å². The molecule has 0 radical (unpaired) electrons. The minimum Gasteiger partial charge on any atom is -0.496 e. The molecule has 6 heteroatoms. The van der Waals surface area contributed by atoms with Crippen molar-refractivity contribution in [1.29, 1.82) is 0 Å². The van der Waals surface area contributed by atoms with Crippen molar-refractivity contribution in [3.63, 3.8) is 0 Å². The molecule has 0 fully saturated rings. The highest BCUT2D eigenvalue weighted by Crippen LogP contribution is 2.29. The van der Waals surface area contributed by atoms with Gasteiger partial charge in [0.05, 0.1) is 19.0 Å². The van der Waals surface area contributed by atoms with E-state index in [2.05, 4.69) is 37.5 Å². The van der Waals surface area contributed by atoms with Crippen molar-refractivity contribution in [2.75, 3.05) is 31.5 Å². The fraction of sp³-hybridized carbons (Fsp3) is 0.227. The van der Waals surface area contributed by atoms with Crippen molar-refractivity contribution in [2.45, 2.75) is 13.3 Å². The minimum atomic E-state index is 0.647. The lowest BCUT2D eigenvalue weighted by molar-refractivity contribution is 0.416. The maximum absolute atomic E-state index is 5.46. The number of hydrogen-bond donors (Lipinski definition) is 1. The Kier molecular flexibility index (Phi) is 6.22. The number of para-hydroxylation sites is 1. The van der Waals surface area contributed by atoms with E-state index in [0.29, 0.717) is 5.82 Å². The predicted octanol–water partition coefficient (Wildman–Crippen LogP) is 4.23. The van der Waals surface area contributed by atoms with Gasteiger partial charge in [0, 0.05) is 37.8 Å². The van der Waals surface area contributed by atoms with Gasteiger partial charge < -0.3 is 9.64 Å². The Labute approximate surface area is 165 Å². The number of nitrogens with zero attached hydrogens (tertiary/aromatic N) is 4. The summed E-state index contributed by atoms with van der Waals surface area (Å²) in [6, 6.07) is 17.9. The highest BCUT2D eigenvalue weighted by molar-refractivity contribution is 5.81. The summed E-state index contributed by atoms with van der Waals surface area (Å²) in [7, 11) is 5.70. The van der Waals surface area contributed by atoms with Crippen LogP contribution in [-0.2, 0) is 6.42 Å². The molecule has 0 amide bonds. The summed E-state index contributed by atoms with van der Waals surface area (Å²) in [4.78, 5) is 11.2. The van der Waals surface area contributed by atoms with Gasteiger partial charge in [0.15, 0.2) is 5.82 Å². The van der Waals surface area contributed by atoms with Crippen molar-refractivity contribution in [3.05, 3.63) is 66.0 Å². The number of hydrazone groups is 1. The van der Waals surface area contributed by atoms with E-state index in [4.69, 9.17) is 4.74 Å². The second kappa shape index (κ2) is 8.99. The molecule has 28 heavy (non-hydrogen) atoms. The molecule has 0 saturated carbocycles.